The van der Waals surface area contributed by atoms with Gasteiger partial charge in [0.25, 0.3) is 0 Å². The SMILES string of the molecule is NCC(=O)N1CCC(=C2c3ccccc3CCc3ccccc32)C1. The fourth-order valence-corrected chi connectivity index (χ4v) is 3.96. The third-order valence-corrected chi connectivity index (χ3v) is 5.18. The first-order chi connectivity index (χ1) is 11.8. The van der Waals surface area contributed by atoms with Crippen molar-refractivity contribution < 1.29 is 4.79 Å². The molecule has 1 fully saturated rings. The van der Waals surface area contributed by atoms with Gasteiger partial charge in [-0.15, -0.1) is 0 Å². The molecule has 1 amide bonds. The molecule has 0 saturated carbocycles. The number of nitrogens with zero attached hydrogens (tertiary/aromatic N) is 1. The van der Waals surface area contributed by atoms with Crippen molar-refractivity contribution in [1.82, 2.24) is 4.90 Å². The first-order valence-electron chi connectivity index (χ1n) is 8.64. The summed E-state index contributed by atoms with van der Waals surface area (Å²) in [6.45, 7) is 1.57. The maximum Gasteiger partial charge on any atom is 0.236 e. The van der Waals surface area contributed by atoms with Crippen molar-refractivity contribution >= 4 is 11.5 Å². The topological polar surface area (TPSA) is 46.3 Å². The molecule has 1 saturated heterocycles. The van der Waals surface area contributed by atoms with Gasteiger partial charge in [0.2, 0.25) is 5.91 Å². The Morgan fingerprint density at radius 1 is 0.917 bits per heavy atom. The number of nitrogens with two attached hydrogens (primary N) is 1. The normalized spacial score (nSPS) is 16.6. The zero-order valence-electron chi connectivity index (χ0n) is 13.8. The maximum atomic E-state index is 12.0. The van der Waals surface area contributed by atoms with Crippen molar-refractivity contribution in [3.63, 3.8) is 0 Å². The van der Waals surface area contributed by atoms with Crippen molar-refractivity contribution in [3.8, 4) is 0 Å². The van der Waals surface area contributed by atoms with E-state index in [0.29, 0.717) is 6.54 Å². The Balaban J connectivity index is 1.88. The summed E-state index contributed by atoms with van der Waals surface area (Å²) in [5.74, 6) is 0.0424. The molecule has 0 bridgehead atoms. The Morgan fingerprint density at radius 3 is 2.08 bits per heavy atom. The van der Waals surface area contributed by atoms with Crippen LogP contribution >= 0.6 is 0 Å². The molecule has 0 atom stereocenters. The molecule has 4 rings (SSSR count). The van der Waals surface area contributed by atoms with Crippen molar-refractivity contribution in [1.29, 1.82) is 0 Å². The van der Waals surface area contributed by atoms with E-state index < -0.39 is 0 Å². The molecule has 2 aromatic carbocycles. The summed E-state index contributed by atoms with van der Waals surface area (Å²) in [6, 6.07) is 17.4. The van der Waals surface area contributed by atoms with Crippen LogP contribution in [0.1, 0.15) is 28.7 Å². The van der Waals surface area contributed by atoms with Crippen LogP contribution in [0.5, 0.6) is 0 Å². The minimum absolute atomic E-state index is 0.0424. The van der Waals surface area contributed by atoms with Gasteiger partial charge in [-0.2, -0.15) is 0 Å². The minimum atomic E-state index is 0.0424. The number of likely N-dealkylation sites (tertiary alicyclic amines) is 1. The van der Waals surface area contributed by atoms with Gasteiger partial charge in [0.05, 0.1) is 6.54 Å². The lowest BCUT2D eigenvalue weighted by molar-refractivity contribution is -0.128. The zero-order chi connectivity index (χ0) is 16.5. The monoisotopic (exact) mass is 318 g/mol. The van der Waals surface area contributed by atoms with Gasteiger partial charge in [0.15, 0.2) is 0 Å². The molecule has 24 heavy (non-hydrogen) atoms. The molecule has 0 aromatic heterocycles. The number of carbonyl (C=O) groups is 1. The Labute approximate surface area is 142 Å². The van der Waals surface area contributed by atoms with Gasteiger partial charge in [-0.3, -0.25) is 4.79 Å². The van der Waals surface area contributed by atoms with Crippen LogP contribution in [0.15, 0.2) is 54.1 Å². The molecular formula is C21H22N2O. The van der Waals surface area contributed by atoms with E-state index in [4.69, 9.17) is 5.73 Å². The van der Waals surface area contributed by atoms with Crippen molar-refractivity contribution in [2.45, 2.75) is 19.3 Å². The highest BCUT2D eigenvalue weighted by Crippen LogP contribution is 2.38. The number of aryl methyl sites for hydroxylation is 2. The second-order valence-corrected chi connectivity index (χ2v) is 6.56. The Bertz CT molecular complexity index is 773. The molecular weight excluding hydrogens is 296 g/mol. The van der Waals surface area contributed by atoms with Gasteiger partial charge in [0, 0.05) is 13.1 Å². The van der Waals surface area contributed by atoms with Crippen molar-refractivity contribution in [3.05, 3.63) is 76.4 Å². The van der Waals surface area contributed by atoms with E-state index in [2.05, 4.69) is 48.5 Å². The molecule has 3 nitrogen and oxygen atoms in total. The summed E-state index contributed by atoms with van der Waals surface area (Å²) < 4.78 is 0. The van der Waals surface area contributed by atoms with E-state index in [9.17, 15) is 4.79 Å². The van der Waals surface area contributed by atoms with Crippen LogP contribution in [0.3, 0.4) is 0 Å². The Hall–Kier alpha value is -2.39. The largest absolute Gasteiger partial charge is 0.337 e. The fourth-order valence-electron chi connectivity index (χ4n) is 3.96. The quantitative estimate of drug-likeness (QED) is 0.879. The number of fused-ring (bicyclic) bond motifs is 2. The number of rotatable bonds is 1. The summed E-state index contributed by atoms with van der Waals surface area (Å²) >= 11 is 0. The molecule has 2 aliphatic rings. The van der Waals surface area contributed by atoms with Gasteiger partial charge in [-0.1, -0.05) is 48.5 Å². The van der Waals surface area contributed by atoms with E-state index in [1.54, 1.807) is 0 Å². The number of benzene rings is 2. The van der Waals surface area contributed by atoms with E-state index in [-0.39, 0.29) is 12.5 Å². The fraction of sp³-hybridized carbons (Fsp3) is 0.286. The van der Waals surface area contributed by atoms with Gasteiger partial charge in [-0.25, -0.2) is 0 Å². The van der Waals surface area contributed by atoms with Crippen LogP contribution in [0, 0.1) is 0 Å². The van der Waals surface area contributed by atoms with E-state index in [1.165, 1.54) is 33.4 Å². The number of amides is 1. The van der Waals surface area contributed by atoms with Crippen LogP contribution in [0.4, 0.5) is 0 Å². The summed E-state index contributed by atoms with van der Waals surface area (Å²) in [7, 11) is 0. The molecule has 3 heteroatoms. The number of hydrogen-bond acceptors (Lipinski definition) is 2. The minimum Gasteiger partial charge on any atom is -0.337 e. The van der Waals surface area contributed by atoms with Crippen LogP contribution in [-0.2, 0) is 17.6 Å². The summed E-state index contributed by atoms with van der Waals surface area (Å²) in [5.41, 5.74) is 13.7. The summed E-state index contributed by atoms with van der Waals surface area (Å²) in [5, 5.41) is 0. The molecule has 1 aliphatic carbocycles. The van der Waals surface area contributed by atoms with Gasteiger partial charge in [0.1, 0.15) is 0 Å². The third kappa shape index (κ3) is 2.55. The molecule has 0 spiro atoms. The van der Waals surface area contributed by atoms with Gasteiger partial charge >= 0.3 is 0 Å². The molecule has 0 radical (unpaired) electrons. The molecule has 2 N–H and O–H groups in total. The first-order valence-corrected chi connectivity index (χ1v) is 8.64. The van der Waals surface area contributed by atoms with Crippen LogP contribution in [0.25, 0.3) is 5.57 Å². The van der Waals surface area contributed by atoms with Crippen LogP contribution in [-0.4, -0.2) is 30.4 Å². The summed E-state index contributed by atoms with van der Waals surface area (Å²) in [6.07, 6.45) is 3.06. The van der Waals surface area contributed by atoms with E-state index >= 15 is 0 Å². The van der Waals surface area contributed by atoms with Crippen LogP contribution < -0.4 is 5.73 Å². The molecule has 2 aromatic rings. The second kappa shape index (κ2) is 6.25. The molecule has 1 heterocycles. The zero-order valence-corrected chi connectivity index (χ0v) is 13.8. The second-order valence-electron chi connectivity index (χ2n) is 6.56. The average Bonchev–Trinajstić information content (AvgIpc) is 3.04. The molecule has 0 unspecified atom stereocenters. The smallest absolute Gasteiger partial charge is 0.236 e. The average molecular weight is 318 g/mol. The highest BCUT2D eigenvalue weighted by atomic mass is 16.2. The first kappa shape index (κ1) is 15.2. The predicted molar refractivity (Wildman–Crippen MR) is 96.6 cm³/mol. The molecule has 1 aliphatic heterocycles. The maximum absolute atomic E-state index is 12.0. The summed E-state index contributed by atoms with van der Waals surface area (Å²) in [4.78, 5) is 13.9. The van der Waals surface area contributed by atoms with E-state index in [1.807, 2.05) is 4.90 Å². The predicted octanol–water partition coefficient (Wildman–Crippen LogP) is 2.78. The lowest BCUT2D eigenvalue weighted by Gasteiger charge is -2.17. The third-order valence-electron chi connectivity index (χ3n) is 5.18. The van der Waals surface area contributed by atoms with Gasteiger partial charge < -0.3 is 10.6 Å². The highest BCUT2D eigenvalue weighted by molar-refractivity contribution is 5.87. The standard InChI is InChI=1S/C21H22N2O/c22-13-20(24)23-12-11-17(14-23)21-18-7-3-1-5-15(18)9-10-16-6-2-4-8-19(16)21/h1-8H,9-14,22H2. The van der Waals surface area contributed by atoms with Gasteiger partial charge in [-0.05, 0) is 52.7 Å². The van der Waals surface area contributed by atoms with E-state index in [0.717, 1.165) is 25.8 Å². The Kier molecular flexibility index (Phi) is 3.95. The molecule has 122 valence electrons. The highest BCUT2D eigenvalue weighted by Gasteiger charge is 2.27. The number of carbonyl (C=O) groups excluding carboxylic acids is 1. The Morgan fingerprint density at radius 2 is 1.50 bits per heavy atom. The van der Waals surface area contributed by atoms with Crippen molar-refractivity contribution in [2.24, 2.45) is 5.73 Å². The number of hydrogen-bond donors (Lipinski definition) is 1. The van der Waals surface area contributed by atoms with Crippen molar-refractivity contribution in [2.75, 3.05) is 19.6 Å². The van der Waals surface area contributed by atoms with Crippen LogP contribution in [0.2, 0.25) is 0 Å². The lowest BCUT2D eigenvalue weighted by Crippen LogP contribution is -2.33. The lowest BCUT2D eigenvalue weighted by atomic mass is 9.89.